The highest BCUT2D eigenvalue weighted by Gasteiger charge is 2.31. The van der Waals surface area contributed by atoms with Crippen LogP contribution in [0.4, 0.5) is 0 Å². The van der Waals surface area contributed by atoms with Crippen molar-refractivity contribution in [1.29, 1.82) is 0 Å². The van der Waals surface area contributed by atoms with E-state index in [0.29, 0.717) is 0 Å². The molecule has 0 aromatic heterocycles. The van der Waals surface area contributed by atoms with Gasteiger partial charge < -0.3 is 0 Å². The minimum absolute atomic E-state index is 0.0632. The molecule has 0 bridgehead atoms. The minimum Gasteiger partial charge on any atom is -0.0616 e. The standard InChI is InChI=1S/C28H28/c1-27(2,3)25-21-13-9-11-17-14-15-20-19-12-8-7-10-18(19)16-22(24(20)23(17)21)26(25)28(4,5)6/h7-16H,1-6H3. The molecule has 0 amide bonds. The number of rotatable bonds is 0. The molecular formula is C28H28. The van der Waals surface area contributed by atoms with Crippen LogP contribution >= 0.6 is 0 Å². The Balaban J connectivity index is 2.23. The lowest BCUT2D eigenvalue weighted by Gasteiger charge is -2.34. The minimum atomic E-state index is 0.0632. The fourth-order valence-electron chi connectivity index (χ4n) is 5.21. The van der Waals surface area contributed by atoms with Crippen LogP contribution in [0.15, 0.2) is 60.7 Å². The van der Waals surface area contributed by atoms with E-state index in [9.17, 15) is 0 Å². The third-order valence-corrected chi connectivity index (χ3v) is 6.15. The molecule has 0 N–H and O–H groups in total. The summed E-state index contributed by atoms with van der Waals surface area (Å²) < 4.78 is 0. The maximum absolute atomic E-state index is 2.44. The van der Waals surface area contributed by atoms with E-state index >= 15 is 0 Å². The van der Waals surface area contributed by atoms with Gasteiger partial charge in [-0.2, -0.15) is 0 Å². The number of hydrogen-bond acceptors (Lipinski definition) is 0. The van der Waals surface area contributed by atoms with Crippen LogP contribution in [0.2, 0.25) is 0 Å². The van der Waals surface area contributed by atoms with Gasteiger partial charge in [0.05, 0.1) is 0 Å². The van der Waals surface area contributed by atoms with Crippen LogP contribution in [-0.4, -0.2) is 0 Å². The van der Waals surface area contributed by atoms with E-state index in [1.54, 1.807) is 0 Å². The summed E-state index contributed by atoms with van der Waals surface area (Å²) in [6.45, 7) is 14.2. The van der Waals surface area contributed by atoms with Gasteiger partial charge in [0, 0.05) is 0 Å². The molecule has 5 aromatic rings. The summed E-state index contributed by atoms with van der Waals surface area (Å²) in [5, 5.41) is 11.1. The maximum atomic E-state index is 2.44. The predicted molar refractivity (Wildman–Crippen MR) is 125 cm³/mol. The van der Waals surface area contributed by atoms with Crippen LogP contribution in [-0.2, 0) is 10.8 Å². The summed E-state index contributed by atoms with van der Waals surface area (Å²) in [7, 11) is 0. The van der Waals surface area contributed by atoms with Crippen LogP contribution in [0.3, 0.4) is 0 Å². The summed E-state index contributed by atoms with van der Waals surface area (Å²) in [5.74, 6) is 0. The van der Waals surface area contributed by atoms with Gasteiger partial charge in [-0.05, 0) is 71.1 Å². The van der Waals surface area contributed by atoms with Crippen LogP contribution in [0.25, 0.3) is 43.1 Å². The maximum Gasteiger partial charge on any atom is -0.00172 e. The highest BCUT2D eigenvalue weighted by atomic mass is 14.3. The van der Waals surface area contributed by atoms with Crippen molar-refractivity contribution in [3.63, 3.8) is 0 Å². The molecule has 0 radical (unpaired) electrons. The molecule has 5 rings (SSSR count). The molecule has 0 heteroatoms. The van der Waals surface area contributed by atoms with Crippen molar-refractivity contribution in [3.05, 3.63) is 71.8 Å². The normalized spacial score (nSPS) is 13.4. The van der Waals surface area contributed by atoms with Gasteiger partial charge >= 0.3 is 0 Å². The fourth-order valence-corrected chi connectivity index (χ4v) is 5.21. The van der Waals surface area contributed by atoms with Gasteiger partial charge in [-0.15, -0.1) is 0 Å². The molecule has 0 spiro atoms. The Morgan fingerprint density at radius 2 is 1.07 bits per heavy atom. The van der Waals surface area contributed by atoms with E-state index in [0.717, 1.165) is 0 Å². The van der Waals surface area contributed by atoms with E-state index in [-0.39, 0.29) is 10.8 Å². The average molecular weight is 365 g/mol. The Hall–Kier alpha value is -2.60. The second-order valence-corrected chi connectivity index (χ2v) is 10.3. The second-order valence-electron chi connectivity index (χ2n) is 10.3. The highest BCUT2D eigenvalue weighted by molar-refractivity contribution is 6.30. The summed E-state index contributed by atoms with van der Waals surface area (Å²) in [4.78, 5) is 0. The Morgan fingerprint density at radius 1 is 0.464 bits per heavy atom. The van der Waals surface area contributed by atoms with E-state index in [1.807, 2.05) is 0 Å². The Kier molecular flexibility index (Phi) is 3.42. The third kappa shape index (κ3) is 2.30. The van der Waals surface area contributed by atoms with Gasteiger partial charge in [0.1, 0.15) is 0 Å². The van der Waals surface area contributed by atoms with Crippen molar-refractivity contribution in [2.24, 2.45) is 0 Å². The lowest BCUT2D eigenvalue weighted by atomic mass is 9.70. The molecule has 0 atom stereocenters. The number of fused-ring (bicyclic) bond motifs is 2. The van der Waals surface area contributed by atoms with E-state index in [2.05, 4.69) is 102 Å². The SMILES string of the molecule is CC(C)(C)c1c(C(C)(C)C)c2cc3ccccc3c3ccc4cccc1c4c23. The van der Waals surface area contributed by atoms with Crippen LogP contribution in [0.1, 0.15) is 52.7 Å². The molecule has 140 valence electrons. The summed E-state index contributed by atoms with van der Waals surface area (Å²) in [5.41, 5.74) is 3.14. The lowest BCUT2D eigenvalue weighted by molar-refractivity contribution is 0.539. The zero-order chi connectivity index (χ0) is 19.8. The molecule has 0 aliphatic rings. The molecule has 0 unspecified atom stereocenters. The monoisotopic (exact) mass is 364 g/mol. The van der Waals surface area contributed by atoms with Gasteiger partial charge in [0.15, 0.2) is 0 Å². The van der Waals surface area contributed by atoms with Gasteiger partial charge in [-0.1, -0.05) is 96.1 Å². The van der Waals surface area contributed by atoms with E-state index < -0.39 is 0 Å². The van der Waals surface area contributed by atoms with Gasteiger partial charge in [0.25, 0.3) is 0 Å². The van der Waals surface area contributed by atoms with E-state index in [4.69, 9.17) is 0 Å². The second kappa shape index (κ2) is 5.47. The average Bonchev–Trinajstić information content (AvgIpc) is 2.63. The zero-order valence-corrected chi connectivity index (χ0v) is 17.8. The topological polar surface area (TPSA) is 0 Å². The van der Waals surface area contributed by atoms with Gasteiger partial charge in [0.2, 0.25) is 0 Å². The molecular weight excluding hydrogens is 336 g/mol. The zero-order valence-electron chi connectivity index (χ0n) is 17.8. The Bertz CT molecular complexity index is 1350. The van der Waals surface area contributed by atoms with Gasteiger partial charge in [-0.25, -0.2) is 0 Å². The molecule has 0 fully saturated rings. The molecule has 0 aliphatic heterocycles. The van der Waals surface area contributed by atoms with Gasteiger partial charge in [-0.3, -0.25) is 0 Å². The Morgan fingerprint density at radius 3 is 1.79 bits per heavy atom. The van der Waals surface area contributed by atoms with Crippen molar-refractivity contribution in [2.45, 2.75) is 52.4 Å². The largest absolute Gasteiger partial charge is 0.0616 e. The number of benzene rings is 5. The van der Waals surface area contributed by atoms with Crippen LogP contribution in [0.5, 0.6) is 0 Å². The first-order chi connectivity index (χ1) is 13.2. The molecule has 0 aliphatic carbocycles. The first-order valence-electron chi connectivity index (χ1n) is 10.3. The van der Waals surface area contributed by atoms with Crippen molar-refractivity contribution >= 4 is 43.1 Å². The van der Waals surface area contributed by atoms with Crippen LogP contribution in [0, 0.1) is 0 Å². The lowest BCUT2D eigenvalue weighted by Crippen LogP contribution is -2.23. The van der Waals surface area contributed by atoms with E-state index in [1.165, 1.54) is 54.2 Å². The number of hydrogen-bond donors (Lipinski definition) is 0. The first kappa shape index (κ1) is 17.5. The Labute approximate surface area is 167 Å². The third-order valence-electron chi connectivity index (χ3n) is 6.15. The molecule has 0 heterocycles. The molecule has 0 saturated heterocycles. The summed E-state index contributed by atoms with van der Waals surface area (Å²) in [6, 6.07) is 22.7. The predicted octanol–water partition coefficient (Wildman–Crippen LogP) is 8.33. The smallest absolute Gasteiger partial charge is 0.00172 e. The molecule has 28 heavy (non-hydrogen) atoms. The summed E-state index contributed by atoms with van der Waals surface area (Å²) >= 11 is 0. The quantitative estimate of drug-likeness (QED) is 0.191. The van der Waals surface area contributed by atoms with Crippen molar-refractivity contribution in [3.8, 4) is 0 Å². The molecule has 0 saturated carbocycles. The van der Waals surface area contributed by atoms with Crippen LogP contribution < -0.4 is 0 Å². The molecule has 0 nitrogen and oxygen atoms in total. The summed E-state index contributed by atoms with van der Waals surface area (Å²) in [6.07, 6.45) is 0. The van der Waals surface area contributed by atoms with Crippen molar-refractivity contribution in [2.75, 3.05) is 0 Å². The highest BCUT2D eigenvalue weighted by Crippen LogP contribution is 2.48. The molecule has 5 aromatic carbocycles. The van der Waals surface area contributed by atoms with Crippen molar-refractivity contribution in [1.82, 2.24) is 0 Å². The first-order valence-corrected chi connectivity index (χ1v) is 10.3. The fraction of sp³-hybridized carbons (Fsp3) is 0.286. The van der Waals surface area contributed by atoms with Crippen molar-refractivity contribution < 1.29 is 0 Å².